The van der Waals surface area contributed by atoms with Crippen LogP contribution in [0.1, 0.15) is 64.2 Å². The number of aromatic nitrogens is 3. The van der Waals surface area contributed by atoms with E-state index < -0.39 is 35.6 Å². The lowest BCUT2D eigenvalue weighted by Crippen LogP contribution is -2.56. The Morgan fingerprint density at radius 3 is 2.79 bits per heavy atom. The fourth-order valence-corrected chi connectivity index (χ4v) is 8.00. The molecule has 3 fully saturated rings. The average Bonchev–Trinajstić information content (AvgIpc) is 3.79. The molecule has 4 aliphatic rings. The maximum Gasteiger partial charge on any atom is 0.330 e. The molecule has 5 atom stereocenters. The number of amides is 3. The van der Waals surface area contributed by atoms with Gasteiger partial charge in [-0.25, -0.2) is 9.78 Å². The van der Waals surface area contributed by atoms with E-state index in [0.29, 0.717) is 30.9 Å². The smallest absolute Gasteiger partial charge is 0.330 e. The number of aliphatic carboxylic acids is 1. The molecule has 3 aromatic rings. The first-order valence-corrected chi connectivity index (χ1v) is 17.4. The van der Waals surface area contributed by atoms with Gasteiger partial charge in [0.05, 0.1) is 21.6 Å². The Balaban J connectivity index is 1.17. The average molecular weight is 661 g/mol. The standard InChI is InChI=1S/C34H40N6O6S/c1-39-14-13-36-30(39)27-17-24-29(47-27)26(11-12-35-24)46-22-16-25-31(42)38-34(33(44)45)18-21(34)7-5-3-2-4-6-8-23(32(43)40(25)19-22)37-28(41)15-20-9-10-20/h5,7,11-14,17,20-23,25H,2-4,6,8-10,15-16,18-19H2,1H3,(H,37,41)(H,38,42)(H,44,45)/t21-,22-,23+,25+,34-/m1/s1. The van der Waals surface area contributed by atoms with Crippen LogP contribution in [0, 0.1) is 11.8 Å². The minimum Gasteiger partial charge on any atom is -0.487 e. The highest BCUT2D eigenvalue weighted by Crippen LogP contribution is 2.45. The first-order valence-electron chi connectivity index (χ1n) is 16.6. The van der Waals surface area contributed by atoms with Crippen molar-refractivity contribution in [1.82, 2.24) is 30.1 Å². The molecule has 0 aromatic carbocycles. The second kappa shape index (κ2) is 12.7. The number of nitrogens with one attached hydrogen (secondary N) is 2. The van der Waals surface area contributed by atoms with Crippen molar-refractivity contribution in [2.24, 2.45) is 18.9 Å². The Hall–Kier alpha value is -4.26. The monoisotopic (exact) mass is 660 g/mol. The number of nitrogens with zero attached hydrogens (tertiary/aromatic N) is 4. The van der Waals surface area contributed by atoms with Crippen molar-refractivity contribution in [3.05, 3.63) is 42.9 Å². The van der Waals surface area contributed by atoms with Crippen LogP contribution in [0.5, 0.6) is 5.75 Å². The zero-order valence-corrected chi connectivity index (χ0v) is 27.2. The SMILES string of the molecule is Cn1ccnc1-c1cc2nccc(O[C@@H]3C[C@H]4C(=O)N[C@]5(C(=O)O)C[C@H]5C=CCCCCC[C@H](NC(=O)CC5CC5)C(=O)N4C3)c2s1. The van der Waals surface area contributed by atoms with Crippen molar-refractivity contribution >= 4 is 45.2 Å². The molecule has 1 saturated heterocycles. The largest absolute Gasteiger partial charge is 0.487 e. The molecule has 0 bridgehead atoms. The number of ether oxygens (including phenoxy) is 1. The minimum absolute atomic E-state index is 0.122. The van der Waals surface area contributed by atoms with Crippen LogP contribution in [-0.4, -0.2) is 78.5 Å². The van der Waals surface area contributed by atoms with Crippen LogP contribution in [-0.2, 0) is 26.2 Å². The van der Waals surface area contributed by atoms with Crippen LogP contribution in [0.15, 0.2) is 42.9 Å². The van der Waals surface area contributed by atoms with Crippen LogP contribution in [0.4, 0.5) is 0 Å². The summed E-state index contributed by atoms with van der Waals surface area (Å²) in [5, 5.41) is 15.9. The lowest BCUT2D eigenvalue weighted by molar-refractivity contribution is -0.146. The van der Waals surface area contributed by atoms with E-state index in [-0.39, 0.29) is 30.7 Å². The first-order chi connectivity index (χ1) is 22.7. The van der Waals surface area contributed by atoms with Crippen molar-refractivity contribution in [2.45, 2.75) is 87.9 Å². The summed E-state index contributed by atoms with van der Waals surface area (Å²) < 4.78 is 9.29. The molecule has 248 valence electrons. The Morgan fingerprint density at radius 1 is 1.17 bits per heavy atom. The molecule has 2 aliphatic heterocycles. The predicted molar refractivity (Wildman–Crippen MR) is 174 cm³/mol. The second-order valence-electron chi connectivity index (χ2n) is 13.4. The molecule has 0 unspecified atom stereocenters. The molecule has 2 aliphatic carbocycles. The van der Waals surface area contributed by atoms with E-state index in [4.69, 9.17) is 4.74 Å². The van der Waals surface area contributed by atoms with Crippen molar-refractivity contribution in [3.63, 3.8) is 0 Å². The van der Waals surface area contributed by atoms with E-state index in [1.165, 1.54) is 16.2 Å². The summed E-state index contributed by atoms with van der Waals surface area (Å²) >= 11 is 1.50. The zero-order valence-electron chi connectivity index (χ0n) is 26.4. The van der Waals surface area contributed by atoms with Crippen molar-refractivity contribution in [1.29, 1.82) is 0 Å². The molecule has 5 heterocycles. The molecule has 0 spiro atoms. The maximum absolute atomic E-state index is 14.3. The molecule has 3 N–H and O–H groups in total. The number of rotatable bonds is 7. The van der Waals surface area contributed by atoms with Gasteiger partial charge < -0.3 is 29.9 Å². The number of allylic oxidation sites excluding steroid dienone is 1. The second-order valence-corrected chi connectivity index (χ2v) is 14.4. The number of hydrogen-bond acceptors (Lipinski definition) is 8. The fourth-order valence-electron chi connectivity index (χ4n) is 6.88. The number of hydrogen-bond donors (Lipinski definition) is 3. The number of imidazole rings is 1. The number of fused-ring (bicyclic) bond motifs is 3. The number of pyridine rings is 1. The normalized spacial score (nSPS) is 28.1. The van der Waals surface area contributed by atoms with E-state index in [2.05, 4.69) is 20.6 Å². The summed E-state index contributed by atoms with van der Waals surface area (Å²) in [6.45, 7) is 0.122. The van der Waals surface area contributed by atoms with E-state index in [1.54, 1.807) is 18.5 Å². The Bertz CT molecular complexity index is 1730. The van der Waals surface area contributed by atoms with E-state index in [0.717, 1.165) is 59.4 Å². The molecule has 2 saturated carbocycles. The fraction of sp³-hybridized carbons (Fsp3) is 0.529. The Morgan fingerprint density at radius 2 is 2.02 bits per heavy atom. The molecular weight excluding hydrogens is 620 g/mol. The molecule has 3 amide bonds. The summed E-state index contributed by atoms with van der Waals surface area (Å²) in [6, 6.07) is 2.01. The van der Waals surface area contributed by atoms with Gasteiger partial charge in [0, 0.05) is 44.4 Å². The van der Waals surface area contributed by atoms with Gasteiger partial charge in [-0.1, -0.05) is 25.0 Å². The molecule has 47 heavy (non-hydrogen) atoms. The van der Waals surface area contributed by atoms with Crippen LogP contribution in [0.2, 0.25) is 0 Å². The van der Waals surface area contributed by atoms with Gasteiger partial charge in [-0.2, -0.15) is 0 Å². The van der Waals surface area contributed by atoms with Crippen molar-refractivity contribution < 1.29 is 29.0 Å². The quantitative estimate of drug-likeness (QED) is 0.323. The van der Waals surface area contributed by atoms with E-state index >= 15 is 0 Å². The highest BCUT2D eigenvalue weighted by molar-refractivity contribution is 7.22. The highest BCUT2D eigenvalue weighted by Gasteiger charge is 2.61. The first kappa shape index (κ1) is 31.3. The molecular formula is C34H40N6O6S. The van der Waals surface area contributed by atoms with E-state index in [1.807, 2.05) is 36.0 Å². The van der Waals surface area contributed by atoms with Gasteiger partial charge >= 0.3 is 5.97 Å². The summed E-state index contributed by atoms with van der Waals surface area (Å²) in [4.78, 5) is 64.9. The number of carbonyl (C=O) groups excluding carboxylic acids is 3. The van der Waals surface area contributed by atoms with Gasteiger partial charge in [-0.3, -0.25) is 19.4 Å². The molecule has 13 heteroatoms. The maximum atomic E-state index is 14.3. The van der Waals surface area contributed by atoms with Crippen LogP contribution < -0.4 is 15.4 Å². The van der Waals surface area contributed by atoms with Gasteiger partial charge in [-0.05, 0) is 56.6 Å². The Kier molecular flexibility index (Phi) is 8.50. The van der Waals surface area contributed by atoms with Gasteiger partial charge in [0.2, 0.25) is 17.7 Å². The van der Waals surface area contributed by atoms with Crippen LogP contribution in [0.25, 0.3) is 20.9 Å². The zero-order chi connectivity index (χ0) is 32.7. The lowest BCUT2D eigenvalue weighted by Gasteiger charge is -2.29. The van der Waals surface area contributed by atoms with Crippen LogP contribution >= 0.6 is 11.3 Å². The Labute approximate surface area is 276 Å². The minimum atomic E-state index is -1.39. The molecule has 3 aromatic heterocycles. The van der Waals surface area contributed by atoms with Gasteiger partial charge in [0.25, 0.3) is 0 Å². The lowest BCUT2D eigenvalue weighted by atomic mass is 10.0. The number of thiophene rings is 1. The summed E-state index contributed by atoms with van der Waals surface area (Å²) in [5.74, 6) is -0.629. The topological polar surface area (TPSA) is 156 Å². The molecule has 12 nitrogen and oxygen atoms in total. The highest BCUT2D eigenvalue weighted by atomic mass is 32.1. The van der Waals surface area contributed by atoms with Crippen molar-refractivity contribution in [2.75, 3.05) is 6.54 Å². The predicted octanol–water partition coefficient (Wildman–Crippen LogP) is 3.81. The number of carbonyl (C=O) groups is 4. The summed E-state index contributed by atoms with van der Waals surface area (Å²) in [5.41, 5.74) is -0.642. The van der Waals surface area contributed by atoms with Crippen LogP contribution in [0.3, 0.4) is 0 Å². The number of carboxylic acid groups (broad SMARTS) is 1. The van der Waals surface area contributed by atoms with Gasteiger partial charge in [0.1, 0.15) is 35.3 Å². The van der Waals surface area contributed by atoms with Crippen molar-refractivity contribution in [3.8, 4) is 16.5 Å². The third-order valence-electron chi connectivity index (χ3n) is 9.84. The summed E-state index contributed by atoms with van der Waals surface area (Å²) in [6.07, 6.45) is 15.3. The van der Waals surface area contributed by atoms with E-state index in [9.17, 15) is 24.3 Å². The molecule has 0 radical (unpaired) electrons. The summed E-state index contributed by atoms with van der Waals surface area (Å²) in [7, 11) is 1.93. The number of carboxylic acids is 1. The number of aryl methyl sites for hydroxylation is 1. The van der Waals surface area contributed by atoms with Gasteiger partial charge in [0.15, 0.2) is 0 Å². The molecule has 7 rings (SSSR count). The third kappa shape index (κ3) is 6.50. The third-order valence-corrected chi connectivity index (χ3v) is 11.0. The van der Waals surface area contributed by atoms with Gasteiger partial charge in [-0.15, -0.1) is 11.3 Å².